The number of halogens is 2. The molecular weight excluding hydrogens is 419 g/mol. The van der Waals surface area contributed by atoms with Crippen LogP contribution in [0, 0.1) is 3.57 Å². The fourth-order valence-corrected chi connectivity index (χ4v) is 2.79. The highest BCUT2D eigenvalue weighted by molar-refractivity contribution is 14.1. The third-order valence-electron chi connectivity index (χ3n) is 2.70. The van der Waals surface area contributed by atoms with Crippen LogP contribution in [-0.4, -0.2) is 11.6 Å². The van der Waals surface area contributed by atoms with Crippen LogP contribution in [-0.2, 0) is 0 Å². The zero-order valence-corrected chi connectivity index (χ0v) is 14.2. The van der Waals surface area contributed by atoms with E-state index in [4.69, 9.17) is 10.5 Å². The molecule has 19 heavy (non-hydrogen) atoms. The second-order valence-corrected chi connectivity index (χ2v) is 6.13. The first-order valence-electron chi connectivity index (χ1n) is 5.90. The lowest BCUT2D eigenvalue weighted by atomic mass is 10.0. The van der Waals surface area contributed by atoms with E-state index in [1.807, 2.05) is 25.1 Å². The fourth-order valence-electron chi connectivity index (χ4n) is 1.78. The number of nitrogens with two attached hydrogens (primary N) is 1. The van der Waals surface area contributed by atoms with Gasteiger partial charge in [0, 0.05) is 14.2 Å². The van der Waals surface area contributed by atoms with E-state index in [0.717, 1.165) is 24.9 Å². The second kappa shape index (κ2) is 6.67. The van der Waals surface area contributed by atoms with Crippen molar-refractivity contribution in [2.75, 3.05) is 6.61 Å². The molecule has 0 fully saturated rings. The molecule has 5 heteroatoms. The van der Waals surface area contributed by atoms with Crippen LogP contribution in [0.25, 0.3) is 0 Å². The number of ether oxygens (including phenoxy) is 1. The van der Waals surface area contributed by atoms with Gasteiger partial charge in [-0.2, -0.15) is 0 Å². The normalized spacial score (nSPS) is 12.2. The van der Waals surface area contributed by atoms with Crippen LogP contribution in [0.4, 0.5) is 0 Å². The van der Waals surface area contributed by atoms with Gasteiger partial charge in [-0.1, -0.05) is 15.9 Å². The Kier molecular flexibility index (Phi) is 5.18. The van der Waals surface area contributed by atoms with E-state index in [0.29, 0.717) is 6.61 Å². The minimum Gasteiger partial charge on any atom is -0.492 e. The van der Waals surface area contributed by atoms with Crippen LogP contribution in [0.5, 0.6) is 5.75 Å². The van der Waals surface area contributed by atoms with Crippen molar-refractivity contribution in [3.05, 3.63) is 55.8 Å². The summed E-state index contributed by atoms with van der Waals surface area (Å²) >= 11 is 5.82. The number of hydrogen-bond acceptors (Lipinski definition) is 3. The Morgan fingerprint density at radius 1 is 1.37 bits per heavy atom. The molecule has 1 atom stereocenters. The van der Waals surface area contributed by atoms with Crippen LogP contribution in [0.15, 0.2) is 41.1 Å². The Morgan fingerprint density at radius 2 is 2.16 bits per heavy atom. The van der Waals surface area contributed by atoms with Gasteiger partial charge in [0.1, 0.15) is 5.75 Å². The zero-order chi connectivity index (χ0) is 13.8. The maximum atomic E-state index is 6.32. The van der Waals surface area contributed by atoms with E-state index in [9.17, 15) is 0 Å². The smallest absolute Gasteiger partial charge is 0.137 e. The van der Waals surface area contributed by atoms with Gasteiger partial charge in [-0.3, -0.25) is 4.98 Å². The highest BCUT2D eigenvalue weighted by atomic mass is 127. The number of benzene rings is 1. The number of rotatable bonds is 4. The van der Waals surface area contributed by atoms with Crippen LogP contribution in [0.1, 0.15) is 24.1 Å². The number of aromatic nitrogens is 1. The van der Waals surface area contributed by atoms with Crippen molar-refractivity contribution < 1.29 is 4.74 Å². The average Bonchev–Trinajstić information content (AvgIpc) is 2.41. The first kappa shape index (κ1) is 14.7. The van der Waals surface area contributed by atoms with E-state index in [2.05, 4.69) is 49.6 Å². The summed E-state index contributed by atoms with van der Waals surface area (Å²) in [5, 5.41) is 0. The molecular formula is C14H14BrIN2O. The van der Waals surface area contributed by atoms with Gasteiger partial charge in [-0.15, -0.1) is 0 Å². The fraction of sp³-hybridized carbons (Fsp3) is 0.214. The Balaban J connectivity index is 2.35. The first-order valence-corrected chi connectivity index (χ1v) is 7.77. The molecule has 1 aromatic carbocycles. The minimum atomic E-state index is -0.225. The molecule has 1 unspecified atom stereocenters. The summed E-state index contributed by atoms with van der Waals surface area (Å²) in [6, 6.07) is 7.83. The van der Waals surface area contributed by atoms with Gasteiger partial charge in [0.2, 0.25) is 0 Å². The summed E-state index contributed by atoms with van der Waals surface area (Å²) in [5.41, 5.74) is 8.30. The van der Waals surface area contributed by atoms with Gasteiger partial charge >= 0.3 is 0 Å². The summed E-state index contributed by atoms with van der Waals surface area (Å²) in [6.45, 7) is 2.57. The van der Waals surface area contributed by atoms with E-state index in [-0.39, 0.29) is 6.04 Å². The van der Waals surface area contributed by atoms with Crippen LogP contribution in [0.3, 0.4) is 0 Å². The lowest BCUT2D eigenvalue weighted by Gasteiger charge is -2.15. The van der Waals surface area contributed by atoms with Crippen molar-refractivity contribution in [3.8, 4) is 5.75 Å². The van der Waals surface area contributed by atoms with Crippen molar-refractivity contribution in [3.63, 3.8) is 0 Å². The topological polar surface area (TPSA) is 48.1 Å². The van der Waals surface area contributed by atoms with E-state index in [1.54, 1.807) is 12.4 Å². The van der Waals surface area contributed by atoms with Crippen molar-refractivity contribution in [1.82, 2.24) is 4.98 Å². The van der Waals surface area contributed by atoms with Gasteiger partial charge in [0.05, 0.1) is 18.8 Å². The van der Waals surface area contributed by atoms with Crippen LogP contribution < -0.4 is 10.5 Å². The third kappa shape index (κ3) is 3.67. The summed E-state index contributed by atoms with van der Waals surface area (Å²) in [5.74, 6) is 0.747. The van der Waals surface area contributed by atoms with Gasteiger partial charge in [0.15, 0.2) is 0 Å². The lowest BCUT2D eigenvalue weighted by molar-refractivity contribution is 0.338. The number of hydrogen-bond donors (Lipinski definition) is 1. The molecule has 1 aromatic heterocycles. The number of nitrogens with zero attached hydrogens (tertiary/aromatic N) is 1. The first-order chi connectivity index (χ1) is 9.11. The van der Waals surface area contributed by atoms with Crippen LogP contribution in [0.2, 0.25) is 0 Å². The quantitative estimate of drug-likeness (QED) is 0.745. The molecule has 2 N–H and O–H groups in total. The zero-order valence-electron chi connectivity index (χ0n) is 10.4. The maximum Gasteiger partial charge on any atom is 0.137 e. The average molecular weight is 433 g/mol. The Hall–Kier alpha value is -0.660. The molecule has 3 nitrogen and oxygen atoms in total. The maximum absolute atomic E-state index is 6.32. The molecule has 0 saturated carbocycles. The van der Waals surface area contributed by atoms with E-state index >= 15 is 0 Å². The summed E-state index contributed by atoms with van der Waals surface area (Å²) in [6.07, 6.45) is 3.48. The molecule has 1 heterocycles. The van der Waals surface area contributed by atoms with Crippen molar-refractivity contribution in [1.29, 1.82) is 0 Å². The molecule has 2 rings (SSSR count). The summed E-state index contributed by atoms with van der Waals surface area (Å²) in [4.78, 5) is 4.18. The SMILES string of the molecule is CCOc1cncc(C(N)c2cc(I)ccc2Br)c1. The van der Waals surface area contributed by atoms with Crippen molar-refractivity contribution in [2.45, 2.75) is 13.0 Å². The molecule has 0 bridgehead atoms. The van der Waals surface area contributed by atoms with Crippen LogP contribution >= 0.6 is 38.5 Å². The highest BCUT2D eigenvalue weighted by Gasteiger charge is 2.14. The Bertz CT molecular complexity index is 577. The molecule has 0 amide bonds. The van der Waals surface area contributed by atoms with Gasteiger partial charge in [-0.05, 0) is 64.9 Å². The lowest BCUT2D eigenvalue weighted by Crippen LogP contribution is -2.13. The highest BCUT2D eigenvalue weighted by Crippen LogP contribution is 2.29. The predicted molar refractivity (Wildman–Crippen MR) is 88.3 cm³/mol. The van der Waals surface area contributed by atoms with E-state index in [1.165, 1.54) is 0 Å². The third-order valence-corrected chi connectivity index (χ3v) is 4.09. The summed E-state index contributed by atoms with van der Waals surface area (Å²) < 4.78 is 7.61. The standard InChI is InChI=1S/C14H14BrIN2O/c1-2-19-11-5-9(7-18-8-11)14(17)12-6-10(16)3-4-13(12)15/h3-8,14H,2,17H2,1H3. The van der Waals surface area contributed by atoms with Gasteiger partial charge < -0.3 is 10.5 Å². The number of pyridine rings is 1. The molecule has 0 radical (unpaired) electrons. The largest absolute Gasteiger partial charge is 0.492 e. The molecule has 0 aliphatic rings. The minimum absolute atomic E-state index is 0.225. The molecule has 0 aliphatic carbocycles. The molecule has 0 saturated heterocycles. The monoisotopic (exact) mass is 432 g/mol. The Labute approximate surface area is 134 Å². The molecule has 2 aromatic rings. The predicted octanol–water partition coefficient (Wildman–Crippen LogP) is 3.90. The second-order valence-electron chi connectivity index (χ2n) is 4.03. The molecule has 0 spiro atoms. The summed E-state index contributed by atoms with van der Waals surface area (Å²) in [7, 11) is 0. The Morgan fingerprint density at radius 3 is 2.89 bits per heavy atom. The van der Waals surface area contributed by atoms with Crippen molar-refractivity contribution in [2.24, 2.45) is 5.73 Å². The molecule has 0 aliphatic heterocycles. The van der Waals surface area contributed by atoms with Crippen molar-refractivity contribution >= 4 is 38.5 Å². The van der Waals surface area contributed by atoms with Gasteiger partial charge in [0.25, 0.3) is 0 Å². The van der Waals surface area contributed by atoms with Gasteiger partial charge in [-0.25, -0.2) is 0 Å². The van der Waals surface area contributed by atoms with E-state index < -0.39 is 0 Å². The molecule has 100 valence electrons.